The lowest BCUT2D eigenvalue weighted by molar-refractivity contribution is -0.0200. The number of hydrogen-bond donors (Lipinski definition) is 0. The van der Waals surface area contributed by atoms with Crippen LogP contribution in [0.3, 0.4) is 0 Å². The molecular formula is C10H14N2O2. The average molecular weight is 194 g/mol. The number of aldehydes is 1. The zero-order valence-electron chi connectivity index (χ0n) is 8.22. The Hall–Kier alpha value is -1.16. The van der Waals surface area contributed by atoms with Crippen LogP contribution in [0.5, 0.6) is 0 Å². The standard InChI is InChI=1S/C10H14N2O2/c1-2-14-10-3-8(4-10)12-7-11-5-9(12)6-13/h5-8,10H,2-4H2,1H3. The molecule has 2 rings (SSSR count). The molecule has 0 aliphatic heterocycles. The maximum Gasteiger partial charge on any atom is 0.168 e. The van der Waals surface area contributed by atoms with Crippen molar-refractivity contribution in [3.63, 3.8) is 0 Å². The van der Waals surface area contributed by atoms with Gasteiger partial charge in [0.25, 0.3) is 0 Å². The normalized spacial score (nSPS) is 25.8. The van der Waals surface area contributed by atoms with E-state index < -0.39 is 0 Å². The lowest BCUT2D eigenvalue weighted by Crippen LogP contribution is -2.33. The highest BCUT2D eigenvalue weighted by atomic mass is 16.5. The molecule has 4 nitrogen and oxygen atoms in total. The van der Waals surface area contributed by atoms with Gasteiger partial charge in [-0.25, -0.2) is 4.98 Å². The number of hydrogen-bond acceptors (Lipinski definition) is 3. The number of aromatic nitrogens is 2. The molecule has 1 fully saturated rings. The maximum atomic E-state index is 10.6. The first kappa shape index (κ1) is 9.40. The first-order chi connectivity index (χ1) is 6.85. The van der Waals surface area contributed by atoms with E-state index in [0.29, 0.717) is 17.8 Å². The summed E-state index contributed by atoms with van der Waals surface area (Å²) >= 11 is 0. The summed E-state index contributed by atoms with van der Waals surface area (Å²) in [6.45, 7) is 2.77. The van der Waals surface area contributed by atoms with E-state index in [1.165, 1.54) is 0 Å². The van der Waals surface area contributed by atoms with Gasteiger partial charge in [-0.05, 0) is 19.8 Å². The van der Waals surface area contributed by atoms with Gasteiger partial charge < -0.3 is 9.30 Å². The Morgan fingerprint density at radius 2 is 2.50 bits per heavy atom. The van der Waals surface area contributed by atoms with Gasteiger partial charge in [-0.15, -0.1) is 0 Å². The van der Waals surface area contributed by atoms with Gasteiger partial charge in [0.15, 0.2) is 6.29 Å². The van der Waals surface area contributed by atoms with Gasteiger partial charge in [-0.3, -0.25) is 4.79 Å². The van der Waals surface area contributed by atoms with Gasteiger partial charge in [0.2, 0.25) is 0 Å². The van der Waals surface area contributed by atoms with Crippen molar-refractivity contribution < 1.29 is 9.53 Å². The minimum Gasteiger partial charge on any atom is -0.378 e. The molecule has 1 aromatic heterocycles. The predicted molar refractivity (Wildman–Crippen MR) is 51.3 cm³/mol. The zero-order valence-corrected chi connectivity index (χ0v) is 8.22. The fraction of sp³-hybridized carbons (Fsp3) is 0.600. The van der Waals surface area contributed by atoms with Crippen molar-refractivity contribution in [2.75, 3.05) is 6.61 Å². The smallest absolute Gasteiger partial charge is 0.168 e. The predicted octanol–water partition coefficient (Wildman–Crippen LogP) is 1.44. The van der Waals surface area contributed by atoms with Crippen molar-refractivity contribution in [3.05, 3.63) is 18.2 Å². The van der Waals surface area contributed by atoms with Crippen molar-refractivity contribution in [3.8, 4) is 0 Å². The number of imidazole rings is 1. The van der Waals surface area contributed by atoms with Gasteiger partial charge in [-0.2, -0.15) is 0 Å². The highest BCUT2D eigenvalue weighted by Crippen LogP contribution is 2.34. The van der Waals surface area contributed by atoms with Crippen LogP contribution in [-0.4, -0.2) is 28.5 Å². The lowest BCUT2D eigenvalue weighted by atomic mass is 9.89. The van der Waals surface area contributed by atoms with Gasteiger partial charge in [0.1, 0.15) is 5.69 Å². The molecule has 0 spiro atoms. The van der Waals surface area contributed by atoms with Crippen LogP contribution in [0.15, 0.2) is 12.5 Å². The summed E-state index contributed by atoms with van der Waals surface area (Å²) in [6, 6.07) is 0.397. The van der Waals surface area contributed by atoms with Crippen LogP contribution < -0.4 is 0 Å². The van der Waals surface area contributed by atoms with Gasteiger partial charge >= 0.3 is 0 Å². The molecule has 0 saturated heterocycles. The Bertz CT molecular complexity index is 316. The first-order valence-electron chi connectivity index (χ1n) is 4.93. The van der Waals surface area contributed by atoms with Crippen LogP contribution in [0, 0.1) is 0 Å². The highest BCUT2D eigenvalue weighted by molar-refractivity contribution is 5.71. The number of rotatable bonds is 4. The molecular weight excluding hydrogens is 180 g/mol. The molecule has 1 heterocycles. The van der Waals surface area contributed by atoms with Crippen LogP contribution in [0.25, 0.3) is 0 Å². The monoisotopic (exact) mass is 194 g/mol. The average Bonchev–Trinajstić information content (AvgIpc) is 2.58. The molecule has 76 valence electrons. The van der Waals surface area contributed by atoms with Crippen molar-refractivity contribution in [1.82, 2.24) is 9.55 Å². The van der Waals surface area contributed by atoms with Crippen LogP contribution >= 0.6 is 0 Å². The van der Waals surface area contributed by atoms with Crippen molar-refractivity contribution in [2.45, 2.75) is 31.9 Å². The number of ether oxygens (including phenoxy) is 1. The van der Waals surface area contributed by atoms with E-state index in [2.05, 4.69) is 4.98 Å². The fourth-order valence-electron chi connectivity index (χ4n) is 1.85. The summed E-state index contributed by atoms with van der Waals surface area (Å²) in [5, 5.41) is 0. The molecule has 1 aromatic rings. The van der Waals surface area contributed by atoms with Crippen molar-refractivity contribution in [1.29, 1.82) is 0 Å². The van der Waals surface area contributed by atoms with Crippen LogP contribution in [-0.2, 0) is 4.74 Å². The van der Waals surface area contributed by atoms with E-state index in [-0.39, 0.29) is 0 Å². The quantitative estimate of drug-likeness (QED) is 0.681. The molecule has 1 aliphatic rings. The van der Waals surface area contributed by atoms with Crippen molar-refractivity contribution >= 4 is 6.29 Å². The first-order valence-corrected chi connectivity index (χ1v) is 4.93. The Labute approximate surface area is 82.9 Å². The molecule has 0 amide bonds. The van der Waals surface area contributed by atoms with Crippen molar-refractivity contribution in [2.24, 2.45) is 0 Å². The number of nitrogens with zero attached hydrogens (tertiary/aromatic N) is 2. The molecule has 1 aliphatic carbocycles. The molecule has 0 aromatic carbocycles. The third-order valence-corrected chi connectivity index (χ3v) is 2.68. The Balaban J connectivity index is 1.96. The zero-order chi connectivity index (χ0) is 9.97. The summed E-state index contributed by atoms with van der Waals surface area (Å²) in [6.07, 6.45) is 6.51. The molecule has 14 heavy (non-hydrogen) atoms. The van der Waals surface area contributed by atoms with Crippen LogP contribution in [0.1, 0.15) is 36.3 Å². The molecule has 0 atom stereocenters. The third-order valence-electron chi connectivity index (χ3n) is 2.68. The third kappa shape index (κ3) is 1.57. The van der Waals surface area contributed by atoms with E-state index >= 15 is 0 Å². The van der Waals surface area contributed by atoms with E-state index in [0.717, 1.165) is 25.7 Å². The van der Waals surface area contributed by atoms with Crippen LogP contribution in [0.2, 0.25) is 0 Å². The minimum absolute atomic E-state index is 0.368. The molecule has 0 bridgehead atoms. The molecule has 0 N–H and O–H groups in total. The van der Waals surface area contributed by atoms with Crippen LogP contribution in [0.4, 0.5) is 0 Å². The molecule has 0 unspecified atom stereocenters. The maximum absolute atomic E-state index is 10.6. The molecule has 1 saturated carbocycles. The number of carbonyl (C=O) groups is 1. The second kappa shape index (κ2) is 3.92. The van der Waals surface area contributed by atoms with E-state index in [1.807, 2.05) is 11.5 Å². The second-order valence-electron chi connectivity index (χ2n) is 3.55. The highest BCUT2D eigenvalue weighted by Gasteiger charge is 2.31. The van der Waals surface area contributed by atoms with E-state index in [1.54, 1.807) is 12.5 Å². The second-order valence-corrected chi connectivity index (χ2v) is 3.55. The fourth-order valence-corrected chi connectivity index (χ4v) is 1.85. The summed E-state index contributed by atoms with van der Waals surface area (Å²) in [5.41, 5.74) is 0.657. The summed E-state index contributed by atoms with van der Waals surface area (Å²) in [5.74, 6) is 0. The minimum atomic E-state index is 0.368. The van der Waals surface area contributed by atoms with Gasteiger partial charge in [0.05, 0.1) is 18.6 Å². The molecule has 4 heteroatoms. The summed E-state index contributed by atoms with van der Waals surface area (Å²) in [7, 11) is 0. The van der Waals surface area contributed by atoms with E-state index in [9.17, 15) is 4.79 Å². The summed E-state index contributed by atoms with van der Waals surface area (Å²) < 4.78 is 7.39. The van der Waals surface area contributed by atoms with Gasteiger partial charge in [-0.1, -0.05) is 0 Å². The summed E-state index contributed by atoms with van der Waals surface area (Å²) in [4.78, 5) is 14.6. The lowest BCUT2D eigenvalue weighted by Gasteiger charge is -2.36. The van der Waals surface area contributed by atoms with Gasteiger partial charge in [0, 0.05) is 12.6 Å². The topological polar surface area (TPSA) is 44.1 Å². The Kier molecular flexibility index (Phi) is 2.63. The SMILES string of the molecule is CCOC1CC(n2cncc2C=O)C1. The van der Waals surface area contributed by atoms with E-state index in [4.69, 9.17) is 4.74 Å². The molecule has 0 radical (unpaired) electrons. The Morgan fingerprint density at radius 1 is 1.71 bits per heavy atom. The largest absolute Gasteiger partial charge is 0.378 e. The Morgan fingerprint density at radius 3 is 3.14 bits per heavy atom. The number of carbonyl (C=O) groups excluding carboxylic acids is 1.